The van der Waals surface area contributed by atoms with Crippen LogP contribution < -0.4 is 4.74 Å². The molecule has 0 saturated heterocycles. The molecule has 0 heterocycles. The van der Waals surface area contributed by atoms with Crippen LogP contribution in [0, 0.1) is 5.92 Å². The molecule has 16 heavy (non-hydrogen) atoms. The first kappa shape index (κ1) is 11.8. The Balaban J connectivity index is 1.97. The Morgan fingerprint density at radius 2 is 2.25 bits per heavy atom. The Morgan fingerprint density at radius 3 is 3.00 bits per heavy atom. The van der Waals surface area contributed by atoms with E-state index in [-0.39, 0.29) is 0 Å². The van der Waals surface area contributed by atoms with E-state index in [1.54, 1.807) is 7.11 Å². The van der Waals surface area contributed by atoms with E-state index in [0.717, 1.165) is 18.1 Å². The Kier molecular flexibility index (Phi) is 4.11. The summed E-state index contributed by atoms with van der Waals surface area (Å²) in [5, 5.41) is 0.393. The number of hydrogen-bond donors (Lipinski definition) is 0. The molecule has 0 N–H and O–H groups in total. The first-order valence-electron chi connectivity index (χ1n) is 6.05. The average molecular weight is 239 g/mol. The zero-order valence-electron chi connectivity index (χ0n) is 9.79. The van der Waals surface area contributed by atoms with Gasteiger partial charge in [0.2, 0.25) is 0 Å². The summed E-state index contributed by atoms with van der Waals surface area (Å²) in [6.07, 6.45) is 6.10. The van der Waals surface area contributed by atoms with Gasteiger partial charge in [-0.3, -0.25) is 0 Å². The fourth-order valence-electron chi connectivity index (χ4n) is 2.54. The molecule has 0 aliphatic heterocycles. The van der Waals surface area contributed by atoms with Gasteiger partial charge in [-0.1, -0.05) is 25.0 Å². The molecule has 88 valence electrons. The molecule has 1 aromatic carbocycles. The minimum absolute atomic E-state index is 0.393. The van der Waals surface area contributed by atoms with Gasteiger partial charge in [0.1, 0.15) is 5.75 Å². The van der Waals surface area contributed by atoms with Crippen molar-refractivity contribution in [1.29, 1.82) is 0 Å². The lowest BCUT2D eigenvalue weighted by Gasteiger charge is -2.25. The largest absolute Gasteiger partial charge is 0.497 e. The molecule has 0 radical (unpaired) electrons. The van der Waals surface area contributed by atoms with Crippen molar-refractivity contribution < 1.29 is 4.74 Å². The standard InChI is InChI=1S/C14H19ClO/c1-16-14-7-3-5-12(10-14)8-11-4-2-6-13(15)9-11/h3,5,7,10-11,13H,2,4,6,8-9H2,1H3. The van der Waals surface area contributed by atoms with Crippen LogP contribution in [0.5, 0.6) is 5.75 Å². The number of halogens is 1. The first-order chi connectivity index (χ1) is 7.78. The van der Waals surface area contributed by atoms with Crippen molar-refractivity contribution in [3.05, 3.63) is 29.8 Å². The van der Waals surface area contributed by atoms with Crippen molar-refractivity contribution in [3.63, 3.8) is 0 Å². The highest BCUT2D eigenvalue weighted by atomic mass is 35.5. The number of ether oxygens (including phenoxy) is 1. The summed E-state index contributed by atoms with van der Waals surface area (Å²) in [5.74, 6) is 1.71. The second-order valence-corrected chi connectivity index (χ2v) is 5.30. The highest BCUT2D eigenvalue weighted by molar-refractivity contribution is 6.20. The maximum atomic E-state index is 6.21. The number of benzene rings is 1. The van der Waals surface area contributed by atoms with Gasteiger partial charge in [0.05, 0.1) is 7.11 Å². The number of methoxy groups -OCH3 is 1. The summed E-state index contributed by atoms with van der Waals surface area (Å²) in [7, 11) is 1.72. The molecule has 1 fully saturated rings. The van der Waals surface area contributed by atoms with E-state index in [9.17, 15) is 0 Å². The Morgan fingerprint density at radius 1 is 1.38 bits per heavy atom. The average Bonchev–Trinajstić information content (AvgIpc) is 2.29. The van der Waals surface area contributed by atoms with Crippen LogP contribution in [0.4, 0.5) is 0 Å². The van der Waals surface area contributed by atoms with Crippen LogP contribution in [-0.2, 0) is 6.42 Å². The summed E-state index contributed by atoms with van der Waals surface area (Å²) in [4.78, 5) is 0. The topological polar surface area (TPSA) is 9.23 Å². The Labute approximate surface area is 103 Å². The normalized spacial score (nSPS) is 25.4. The van der Waals surface area contributed by atoms with Crippen LogP contribution in [0.2, 0.25) is 0 Å². The molecule has 1 nitrogen and oxygen atoms in total. The van der Waals surface area contributed by atoms with Crippen molar-refractivity contribution in [2.45, 2.75) is 37.5 Å². The number of rotatable bonds is 3. The van der Waals surface area contributed by atoms with Gasteiger partial charge >= 0.3 is 0 Å². The van der Waals surface area contributed by atoms with Gasteiger partial charge in [-0.05, 0) is 42.9 Å². The van der Waals surface area contributed by atoms with Crippen LogP contribution in [0.1, 0.15) is 31.2 Å². The first-order valence-corrected chi connectivity index (χ1v) is 6.48. The van der Waals surface area contributed by atoms with E-state index in [4.69, 9.17) is 16.3 Å². The quantitative estimate of drug-likeness (QED) is 0.723. The van der Waals surface area contributed by atoms with Crippen LogP contribution >= 0.6 is 11.6 Å². The van der Waals surface area contributed by atoms with Crippen LogP contribution in [-0.4, -0.2) is 12.5 Å². The van der Waals surface area contributed by atoms with Gasteiger partial charge in [0.15, 0.2) is 0 Å². The zero-order chi connectivity index (χ0) is 11.4. The zero-order valence-corrected chi connectivity index (χ0v) is 10.5. The predicted molar refractivity (Wildman–Crippen MR) is 68.3 cm³/mol. The second kappa shape index (κ2) is 5.58. The molecule has 1 aromatic rings. The summed E-state index contributed by atoms with van der Waals surface area (Å²) in [5.41, 5.74) is 1.37. The Bertz CT molecular complexity index is 337. The van der Waals surface area contributed by atoms with Crippen LogP contribution in [0.3, 0.4) is 0 Å². The summed E-state index contributed by atoms with van der Waals surface area (Å²) in [6, 6.07) is 8.38. The van der Waals surface area contributed by atoms with Crippen LogP contribution in [0.15, 0.2) is 24.3 Å². The molecular formula is C14H19ClO. The SMILES string of the molecule is COc1cccc(CC2CCCC(Cl)C2)c1. The molecule has 2 heteroatoms. The third-order valence-corrected chi connectivity index (χ3v) is 3.77. The van der Waals surface area contributed by atoms with Crippen molar-refractivity contribution in [2.75, 3.05) is 7.11 Å². The van der Waals surface area contributed by atoms with E-state index in [1.807, 2.05) is 6.07 Å². The maximum Gasteiger partial charge on any atom is 0.119 e. The summed E-state index contributed by atoms with van der Waals surface area (Å²) in [6.45, 7) is 0. The lowest BCUT2D eigenvalue weighted by Crippen LogP contribution is -2.17. The summed E-state index contributed by atoms with van der Waals surface area (Å²) >= 11 is 6.21. The van der Waals surface area contributed by atoms with Gasteiger partial charge in [0, 0.05) is 5.38 Å². The van der Waals surface area contributed by atoms with Crippen molar-refractivity contribution in [1.82, 2.24) is 0 Å². The maximum absolute atomic E-state index is 6.21. The number of alkyl halides is 1. The molecule has 0 amide bonds. The van der Waals surface area contributed by atoms with E-state index in [1.165, 1.54) is 31.2 Å². The lowest BCUT2D eigenvalue weighted by molar-refractivity contribution is 0.360. The molecule has 0 spiro atoms. The fraction of sp³-hybridized carbons (Fsp3) is 0.571. The van der Waals surface area contributed by atoms with Crippen molar-refractivity contribution in [2.24, 2.45) is 5.92 Å². The van der Waals surface area contributed by atoms with Gasteiger partial charge < -0.3 is 4.74 Å². The van der Waals surface area contributed by atoms with E-state index < -0.39 is 0 Å². The van der Waals surface area contributed by atoms with Gasteiger partial charge in [0.25, 0.3) is 0 Å². The van der Waals surface area contributed by atoms with Crippen molar-refractivity contribution in [3.8, 4) is 5.75 Å². The molecule has 2 rings (SSSR count). The fourth-order valence-corrected chi connectivity index (χ4v) is 2.95. The van der Waals surface area contributed by atoms with E-state index in [0.29, 0.717) is 5.38 Å². The predicted octanol–water partition coefficient (Wildman–Crippen LogP) is 4.04. The van der Waals surface area contributed by atoms with Gasteiger partial charge in [-0.25, -0.2) is 0 Å². The molecule has 1 saturated carbocycles. The molecule has 0 bridgehead atoms. The molecule has 1 aliphatic carbocycles. The van der Waals surface area contributed by atoms with Gasteiger partial charge in [-0.2, -0.15) is 0 Å². The third-order valence-electron chi connectivity index (χ3n) is 3.38. The number of hydrogen-bond acceptors (Lipinski definition) is 1. The minimum atomic E-state index is 0.393. The van der Waals surface area contributed by atoms with Crippen molar-refractivity contribution >= 4 is 11.6 Å². The smallest absolute Gasteiger partial charge is 0.119 e. The highest BCUT2D eigenvalue weighted by Crippen LogP contribution is 2.30. The lowest BCUT2D eigenvalue weighted by atomic mass is 9.84. The molecular weight excluding hydrogens is 220 g/mol. The molecule has 2 unspecified atom stereocenters. The highest BCUT2D eigenvalue weighted by Gasteiger charge is 2.20. The van der Waals surface area contributed by atoms with Gasteiger partial charge in [-0.15, -0.1) is 11.6 Å². The molecule has 0 aromatic heterocycles. The monoisotopic (exact) mass is 238 g/mol. The Hall–Kier alpha value is -0.690. The molecule has 1 aliphatic rings. The minimum Gasteiger partial charge on any atom is -0.497 e. The summed E-state index contributed by atoms with van der Waals surface area (Å²) < 4.78 is 5.24. The second-order valence-electron chi connectivity index (χ2n) is 4.69. The van der Waals surface area contributed by atoms with Crippen LogP contribution in [0.25, 0.3) is 0 Å². The molecule has 2 atom stereocenters. The van der Waals surface area contributed by atoms with E-state index in [2.05, 4.69) is 18.2 Å². The van der Waals surface area contributed by atoms with E-state index >= 15 is 0 Å². The third kappa shape index (κ3) is 3.15.